The minimum absolute atomic E-state index is 0.00603. The van der Waals surface area contributed by atoms with Crippen molar-refractivity contribution in [1.29, 1.82) is 0 Å². The van der Waals surface area contributed by atoms with Gasteiger partial charge in [-0.15, -0.1) is 0 Å². The molecule has 1 aromatic heterocycles. The lowest BCUT2D eigenvalue weighted by Gasteiger charge is -2.30. The van der Waals surface area contributed by atoms with Crippen LogP contribution in [0, 0.1) is 5.92 Å². The Bertz CT molecular complexity index is 562. The summed E-state index contributed by atoms with van der Waals surface area (Å²) in [5.41, 5.74) is -0.156. The van der Waals surface area contributed by atoms with Crippen molar-refractivity contribution in [3.8, 4) is 0 Å². The number of carbonyl (C=O) groups is 2. The second-order valence-corrected chi connectivity index (χ2v) is 7.13. The summed E-state index contributed by atoms with van der Waals surface area (Å²) in [6, 6.07) is 0. The molecule has 1 saturated heterocycles. The zero-order chi connectivity index (χ0) is 17.0. The summed E-state index contributed by atoms with van der Waals surface area (Å²) < 4.78 is 5.20. The Hall–Kier alpha value is -1.92. The van der Waals surface area contributed by atoms with E-state index in [1.54, 1.807) is 4.90 Å². The Morgan fingerprint density at radius 3 is 2.74 bits per heavy atom. The Balaban J connectivity index is 1.78. The molecule has 2 rings (SSSR count). The van der Waals surface area contributed by atoms with Crippen LogP contribution in [0.2, 0.25) is 0 Å². The van der Waals surface area contributed by atoms with E-state index in [-0.39, 0.29) is 11.3 Å². The zero-order valence-corrected chi connectivity index (χ0v) is 14.0. The van der Waals surface area contributed by atoms with Gasteiger partial charge < -0.3 is 14.5 Å². The Kier molecular flexibility index (Phi) is 5.38. The normalized spacial score (nSPS) is 18.9. The third-order valence-electron chi connectivity index (χ3n) is 4.04. The minimum Gasteiger partial charge on any atom is -0.481 e. The fourth-order valence-corrected chi connectivity index (χ4v) is 2.62. The van der Waals surface area contributed by atoms with Crippen molar-refractivity contribution in [3.05, 3.63) is 11.7 Å². The molecule has 0 unspecified atom stereocenters. The van der Waals surface area contributed by atoms with Gasteiger partial charge in [0.15, 0.2) is 5.82 Å². The number of carboxylic acids is 1. The second-order valence-electron chi connectivity index (χ2n) is 7.13. The van der Waals surface area contributed by atoms with Gasteiger partial charge in [-0.3, -0.25) is 9.59 Å². The van der Waals surface area contributed by atoms with E-state index in [0.29, 0.717) is 50.5 Å². The number of hydrogen-bond acceptors (Lipinski definition) is 5. The van der Waals surface area contributed by atoms with Crippen LogP contribution in [0.15, 0.2) is 4.52 Å². The highest BCUT2D eigenvalue weighted by atomic mass is 16.5. The molecule has 1 amide bonds. The lowest BCUT2D eigenvalue weighted by molar-refractivity contribution is -0.145. The lowest BCUT2D eigenvalue weighted by Crippen LogP contribution is -2.42. The topological polar surface area (TPSA) is 96.5 Å². The van der Waals surface area contributed by atoms with Gasteiger partial charge in [0.05, 0.1) is 5.92 Å². The average molecular weight is 323 g/mol. The molecular formula is C16H25N3O4. The first kappa shape index (κ1) is 17.4. The number of amides is 1. The van der Waals surface area contributed by atoms with E-state index in [1.165, 1.54) is 0 Å². The predicted octanol–water partition coefficient (Wildman–Crippen LogP) is 2.01. The van der Waals surface area contributed by atoms with Gasteiger partial charge in [-0.25, -0.2) is 0 Å². The first-order valence-corrected chi connectivity index (χ1v) is 8.11. The van der Waals surface area contributed by atoms with E-state index in [0.717, 1.165) is 6.42 Å². The van der Waals surface area contributed by atoms with Gasteiger partial charge in [0.2, 0.25) is 11.8 Å². The number of piperidine rings is 1. The highest BCUT2D eigenvalue weighted by molar-refractivity contribution is 5.78. The predicted molar refractivity (Wildman–Crippen MR) is 82.9 cm³/mol. The van der Waals surface area contributed by atoms with Crippen molar-refractivity contribution in [2.75, 3.05) is 13.1 Å². The maximum Gasteiger partial charge on any atom is 0.308 e. The van der Waals surface area contributed by atoms with Gasteiger partial charge in [0.1, 0.15) is 0 Å². The molecule has 1 N–H and O–H groups in total. The van der Waals surface area contributed by atoms with Crippen LogP contribution in [0.1, 0.15) is 58.2 Å². The van der Waals surface area contributed by atoms with E-state index in [2.05, 4.69) is 10.1 Å². The number of likely N-dealkylation sites (tertiary alicyclic amines) is 1. The largest absolute Gasteiger partial charge is 0.481 e. The minimum atomic E-state index is -0.817. The van der Waals surface area contributed by atoms with Crippen LogP contribution in [-0.2, 0) is 21.4 Å². The van der Waals surface area contributed by atoms with Crippen molar-refractivity contribution in [3.63, 3.8) is 0 Å². The number of carboxylic acid groups (broad SMARTS) is 1. The maximum atomic E-state index is 12.2. The van der Waals surface area contributed by atoms with Crippen LogP contribution in [0.4, 0.5) is 0 Å². The molecule has 7 heteroatoms. The molecule has 23 heavy (non-hydrogen) atoms. The number of hydrogen-bond donors (Lipinski definition) is 1. The van der Waals surface area contributed by atoms with Crippen molar-refractivity contribution in [2.24, 2.45) is 5.92 Å². The molecule has 7 nitrogen and oxygen atoms in total. The van der Waals surface area contributed by atoms with Gasteiger partial charge in [-0.1, -0.05) is 25.9 Å². The Labute approximate surface area is 136 Å². The molecule has 0 aromatic carbocycles. The second kappa shape index (κ2) is 7.10. The maximum absolute atomic E-state index is 12.2. The third kappa shape index (κ3) is 4.77. The highest BCUT2D eigenvalue weighted by Crippen LogP contribution is 2.20. The molecule has 1 fully saturated rings. The van der Waals surface area contributed by atoms with Crippen LogP contribution in [-0.4, -0.2) is 45.1 Å². The molecule has 0 radical (unpaired) electrons. The third-order valence-corrected chi connectivity index (χ3v) is 4.04. The molecule has 1 aromatic rings. The molecular weight excluding hydrogens is 298 g/mol. The van der Waals surface area contributed by atoms with Crippen molar-refractivity contribution < 1.29 is 19.2 Å². The van der Waals surface area contributed by atoms with Crippen molar-refractivity contribution in [1.82, 2.24) is 15.0 Å². The quantitative estimate of drug-likeness (QED) is 0.890. The highest BCUT2D eigenvalue weighted by Gasteiger charge is 2.28. The van der Waals surface area contributed by atoms with E-state index in [9.17, 15) is 9.59 Å². The molecule has 2 heterocycles. The van der Waals surface area contributed by atoms with Crippen LogP contribution in [0.5, 0.6) is 0 Å². The smallest absolute Gasteiger partial charge is 0.308 e. The molecule has 0 spiro atoms. The number of carbonyl (C=O) groups excluding carboxylic acids is 1. The summed E-state index contributed by atoms with van der Waals surface area (Å²) >= 11 is 0. The monoisotopic (exact) mass is 323 g/mol. The molecule has 0 bridgehead atoms. The Morgan fingerprint density at radius 1 is 1.39 bits per heavy atom. The van der Waals surface area contributed by atoms with E-state index < -0.39 is 11.9 Å². The SMILES string of the molecule is CC(C)(C)c1noc(CCCC(=O)N2CCC[C@H](C(=O)O)C2)n1. The van der Waals surface area contributed by atoms with Crippen LogP contribution in [0.25, 0.3) is 0 Å². The average Bonchev–Trinajstić information content (AvgIpc) is 2.96. The molecule has 0 saturated carbocycles. The molecule has 128 valence electrons. The Morgan fingerprint density at radius 2 is 2.13 bits per heavy atom. The van der Waals surface area contributed by atoms with Crippen molar-refractivity contribution >= 4 is 11.9 Å². The fraction of sp³-hybridized carbons (Fsp3) is 0.750. The lowest BCUT2D eigenvalue weighted by atomic mass is 9.96. The number of aliphatic carboxylic acids is 1. The number of aryl methyl sites for hydroxylation is 1. The zero-order valence-electron chi connectivity index (χ0n) is 14.0. The van der Waals surface area contributed by atoms with Crippen molar-refractivity contribution in [2.45, 2.75) is 58.3 Å². The van der Waals surface area contributed by atoms with Gasteiger partial charge in [-0.2, -0.15) is 4.98 Å². The van der Waals surface area contributed by atoms with E-state index in [1.807, 2.05) is 20.8 Å². The number of aromatic nitrogens is 2. The molecule has 1 aliphatic rings. The first-order chi connectivity index (χ1) is 10.8. The summed E-state index contributed by atoms with van der Waals surface area (Å²) in [4.78, 5) is 29.2. The van der Waals surface area contributed by atoms with Gasteiger partial charge in [0.25, 0.3) is 0 Å². The summed E-state index contributed by atoms with van der Waals surface area (Å²) in [6.45, 7) is 7.02. The van der Waals surface area contributed by atoms with Gasteiger partial charge in [-0.05, 0) is 19.3 Å². The molecule has 1 atom stereocenters. The fourth-order valence-electron chi connectivity index (χ4n) is 2.62. The molecule has 0 aliphatic carbocycles. The van der Waals surface area contributed by atoms with Crippen LogP contribution in [0.3, 0.4) is 0 Å². The number of nitrogens with zero attached hydrogens (tertiary/aromatic N) is 3. The standard InChI is InChI=1S/C16H25N3O4/c1-16(2,3)15-17-12(23-18-15)7-4-8-13(20)19-9-5-6-11(10-19)14(21)22/h11H,4-10H2,1-3H3,(H,21,22)/t11-/m0/s1. The summed E-state index contributed by atoms with van der Waals surface area (Å²) in [5, 5.41) is 13.0. The first-order valence-electron chi connectivity index (χ1n) is 8.11. The van der Waals surface area contributed by atoms with Crippen LogP contribution < -0.4 is 0 Å². The summed E-state index contributed by atoms with van der Waals surface area (Å²) in [5.74, 6) is -0.0310. The van der Waals surface area contributed by atoms with E-state index in [4.69, 9.17) is 9.63 Å². The van der Waals surface area contributed by atoms with Crippen LogP contribution >= 0.6 is 0 Å². The van der Waals surface area contributed by atoms with Gasteiger partial charge in [0, 0.05) is 31.3 Å². The summed E-state index contributed by atoms with van der Waals surface area (Å²) in [7, 11) is 0. The van der Waals surface area contributed by atoms with Gasteiger partial charge >= 0.3 is 5.97 Å². The van der Waals surface area contributed by atoms with E-state index >= 15 is 0 Å². The number of rotatable bonds is 5. The summed E-state index contributed by atoms with van der Waals surface area (Å²) in [6.07, 6.45) is 2.96. The molecule has 1 aliphatic heterocycles.